The summed E-state index contributed by atoms with van der Waals surface area (Å²) in [5, 5.41) is 16.3. The number of thiocarbonyl (C=S) groups is 1. The Balaban J connectivity index is 2.01. The van der Waals surface area contributed by atoms with Gasteiger partial charge in [-0.05, 0) is 55.0 Å². The molecule has 0 saturated carbocycles. The Bertz CT molecular complexity index is 885. The maximum atomic E-state index is 12.0. The molecule has 0 aliphatic heterocycles. The number of nitrogens with zero attached hydrogens (tertiary/aromatic N) is 1. The topological polar surface area (TPSA) is 93.5 Å². The smallest absolute Gasteiger partial charge is 0.296 e. The Labute approximate surface area is 169 Å². The Morgan fingerprint density at radius 1 is 1.30 bits per heavy atom. The molecule has 2 rings (SSSR count). The molecule has 0 fully saturated rings. The second kappa shape index (κ2) is 9.79. The highest BCUT2D eigenvalue weighted by atomic mass is 79.9. The van der Waals surface area contributed by atoms with E-state index in [2.05, 4.69) is 26.6 Å². The first-order valence-electron chi connectivity index (χ1n) is 7.86. The molecule has 0 saturated heterocycles. The zero-order valence-corrected chi connectivity index (χ0v) is 16.7. The largest absolute Gasteiger partial charge is 0.494 e. The summed E-state index contributed by atoms with van der Waals surface area (Å²) in [6.45, 7) is 2.17. The minimum Gasteiger partial charge on any atom is -0.494 e. The monoisotopic (exact) mass is 449 g/mol. The van der Waals surface area contributed by atoms with Crippen LogP contribution in [0.1, 0.15) is 12.5 Å². The van der Waals surface area contributed by atoms with Gasteiger partial charge in [-0.25, -0.2) is 0 Å². The van der Waals surface area contributed by atoms with Crippen LogP contribution in [0.3, 0.4) is 0 Å². The number of nitrogens with one attached hydrogen (secondary N) is 2. The van der Waals surface area contributed by atoms with Crippen LogP contribution in [0.5, 0.6) is 5.75 Å². The zero-order chi connectivity index (χ0) is 19.8. The third-order valence-corrected chi connectivity index (χ3v) is 3.99. The molecule has 0 atom stereocenters. The van der Waals surface area contributed by atoms with Crippen molar-refractivity contribution in [2.75, 3.05) is 11.9 Å². The minimum atomic E-state index is -0.553. The number of carbonyl (C=O) groups is 1. The number of ether oxygens (including phenoxy) is 1. The minimum absolute atomic E-state index is 0.0484. The fourth-order valence-corrected chi connectivity index (χ4v) is 2.55. The van der Waals surface area contributed by atoms with E-state index in [1.807, 2.05) is 24.3 Å². The lowest BCUT2D eigenvalue weighted by atomic mass is 10.2. The van der Waals surface area contributed by atoms with E-state index in [9.17, 15) is 14.9 Å². The molecule has 2 aromatic rings. The van der Waals surface area contributed by atoms with Crippen LogP contribution < -0.4 is 15.4 Å². The summed E-state index contributed by atoms with van der Waals surface area (Å²) < 4.78 is 6.19. The van der Waals surface area contributed by atoms with Crippen LogP contribution in [-0.4, -0.2) is 22.5 Å². The summed E-state index contributed by atoms with van der Waals surface area (Å²) in [6.07, 6.45) is 2.95. The molecule has 0 aromatic heterocycles. The van der Waals surface area contributed by atoms with E-state index in [0.29, 0.717) is 12.4 Å². The lowest BCUT2D eigenvalue weighted by Crippen LogP contribution is -2.33. The van der Waals surface area contributed by atoms with Crippen LogP contribution in [0.4, 0.5) is 11.4 Å². The van der Waals surface area contributed by atoms with E-state index in [-0.39, 0.29) is 16.5 Å². The van der Waals surface area contributed by atoms with E-state index in [1.54, 1.807) is 19.1 Å². The molecular formula is C18H16BrN3O4S. The van der Waals surface area contributed by atoms with Gasteiger partial charge in [-0.3, -0.25) is 20.2 Å². The molecule has 2 aromatic carbocycles. The molecule has 7 nitrogen and oxygen atoms in total. The summed E-state index contributed by atoms with van der Waals surface area (Å²) in [5.74, 6) is -0.0776. The predicted molar refractivity (Wildman–Crippen MR) is 112 cm³/mol. The van der Waals surface area contributed by atoms with Gasteiger partial charge in [0.15, 0.2) is 5.11 Å². The van der Waals surface area contributed by atoms with E-state index in [4.69, 9.17) is 17.0 Å². The normalized spacial score (nSPS) is 10.4. The first kappa shape index (κ1) is 20.5. The van der Waals surface area contributed by atoms with Crippen molar-refractivity contribution in [2.45, 2.75) is 6.92 Å². The SMILES string of the molecule is CCOc1ccc(NC(=S)NC(=O)/C=C/c2ccc(Br)cc2)c([N+](=O)[O-])c1. The number of hydrogen-bond acceptors (Lipinski definition) is 5. The molecule has 1 amide bonds. The number of carbonyl (C=O) groups excluding carboxylic acids is 1. The molecule has 140 valence electrons. The molecule has 0 spiro atoms. The molecular weight excluding hydrogens is 434 g/mol. The quantitative estimate of drug-likeness (QED) is 0.295. The highest BCUT2D eigenvalue weighted by Crippen LogP contribution is 2.29. The summed E-state index contributed by atoms with van der Waals surface area (Å²) >= 11 is 8.39. The maximum absolute atomic E-state index is 12.0. The van der Waals surface area contributed by atoms with Crippen molar-refractivity contribution in [1.82, 2.24) is 5.32 Å². The van der Waals surface area contributed by atoms with E-state index in [0.717, 1.165) is 10.0 Å². The number of rotatable bonds is 6. The van der Waals surface area contributed by atoms with Gasteiger partial charge in [0.25, 0.3) is 5.69 Å². The molecule has 27 heavy (non-hydrogen) atoms. The maximum Gasteiger partial charge on any atom is 0.296 e. The average molecular weight is 450 g/mol. The lowest BCUT2D eigenvalue weighted by molar-refractivity contribution is -0.384. The lowest BCUT2D eigenvalue weighted by Gasteiger charge is -2.10. The van der Waals surface area contributed by atoms with Crippen LogP contribution in [0, 0.1) is 10.1 Å². The van der Waals surface area contributed by atoms with E-state index < -0.39 is 10.8 Å². The van der Waals surface area contributed by atoms with Crippen molar-refractivity contribution < 1.29 is 14.5 Å². The number of hydrogen-bond donors (Lipinski definition) is 2. The third-order valence-electron chi connectivity index (χ3n) is 3.26. The standard InChI is InChI=1S/C18H16BrN3O4S/c1-2-26-14-8-9-15(16(11-14)22(24)25)20-18(27)21-17(23)10-5-12-3-6-13(19)7-4-12/h3-11H,2H2,1H3,(H2,20,21,23,27)/b10-5+. The van der Waals surface area contributed by atoms with Crippen LogP contribution >= 0.6 is 28.1 Å². The highest BCUT2D eigenvalue weighted by molar-refractivity contribution is 9.10. The molecule has 0 bridgehead atoms. The Morgan fingerprint density at radius 3 is 2.63 bits per heavy atom. The predicted octanol–water partition coefficient (Wildman–Crippen LogP) is 4.28. The van der Waals surface area contributed by atoms with Gasteiger partial charge in [0.05, 0.1) is 17.6 Å². The fraction of sp³-hybridized carbons (Fsp3) is 0.111. The second-order valence-corrected chi connectivity index (χ2v) is 6.52. The summed E-state index contributed by atoms with van der Waals surface area (Å²) in [7, 11) is 0. The molecule has 9 heteroatoms. The number of nitro benzene ring substituents is 1. The van der Waals surface area contributed by atoms with Gasteiger partial charge in [-0.15, -0.1) is 0 Å². The number of halogens is 1. The van der Waals surface area contributed by atoms with Crippen LogP contribution in [0.25, 0.3) is 6.08 Å². The molecule has 0 aliphatic rings. The van der Waals surface area contributed by atoms with E-state index in [1.165, 1.54) is 18.2 Å². The van der Waals surface area contributed by atoms with Gasteiger partial charge in [0.2, 0.25) is 5.91 Å². The Kier molecular flexibility index (Phi) is 7.44. The Morgan fingerprint density at radius 2 is 2.00 bits per heavy atom. The van der Waals surface area contributed by atoms with Gasteiger partial charge >= 0.3 is 0 Å². The second-order valence-electron chi connectivity index (χ2n) is 5.20. The van der Waals surface area contributed by atoms with Crippen molar-refractivity contribution in [1.29, 1.82) is 0 Å². The van der Waals surface area contributed by atoms with Crippen molar-refractivity contribution in [2.24, 2.45) is 0 Å². The number of nitro groups is 1. The number of amides is 1. The molecule has 2 N–H and O–H groups in total. The first-order chi connectivity index (χ1) is 12.9. The van der Waals surface area contributed by atoms with Gasteiger partial charge < -0.3 is 10.1 Å². The number of benzene rings is 2. The zero-order valence-electron chi connectivity index (χ0n) is 14.3. The van der Waals surface area contributed by atoms with Crippen LogP contribution in [-0.2, 0) is 4.79 Å². The number of anilines is 1. The summed E-state index contributed by atoms with van der Waals surface area (Å²) in [6, 6.07) is 11.7. The third kappa shape index (κ3) is 6.46. The van der Waals surface area contributed by atoms with Crippen molar-refractivity contribution in [3.8, 4) is 5.75 Å². The van der Waals surface area contributed by atoms with Gasteiger partial charge in [0.1, 0.15) is 11.4 Å². The average Bonchev–Trinajstić information content (AvgIpc) is 2.62. The Hall–Kier alpha value is -2.78. The first-order valence-corrected chi connectivity index (χ1v) is 9.06. The van der Waals surface area contributed by atoms with Gasteiger partial charge in [-0.2, -0.15) is 0 Å². The summed E-state index contributed by atoms with van der Waals surface area (Å²) in [5.41, 5.74) is 0.794. The van der Waals surface area contributed by atoms with Crippen molar-refractivity contribution in [3.63, 3.8) is 0 Å². The van der Waals surface area contributed by atoms with Crippen molar-refractivity contribution >= 4 is 56.6 Å². The van der Waals surface area contributed by atoms with E-state index >= 15 is 0 Å². The van der Waals surface area contributed by atoms with Gasteiger partial charge in [-0.1, -0.05) is 28.1 Å². The molecule has 0 unspecified atom stereocenters. The fourth-order valence-electron chi connectivity index (χ4n) is 2.08. The van der Waals surface area contributed by atoms with Gasteiger partial charge in [0, 0.05) is 10.5 Å². The molecule has 0 aliphatic carbocycles. The highest BCUT2D eigenvalue weighted by Gasteiger charge is 2.16. The van der Waals surface area contributed by atoms with Crippen molar-refractivity contribution in [3.05, 3.63) is 68.7 Å². The van der Waals surface area contributed by atoms with Crippen LogP contribution in [0.15, 0.2) is 53.0 Å². The summed E-state index contributed by atoms with van der Waals surface area (Å²) in [4.78, 5) is 22.6. The molecule has 0 radical (unpaired) electrons. The van der Waals surface area contributed by atoms with Crippen LogP contribution in [0.2, 0.25) is 0 Å². The molecule has 0 heterocycles.